The molecule has 1 N–H and O–H groups in total. The van der Waals surface area contributed by atoms with E-state index >= 15 is 0 Å². The van der Waals surface area contributed by atoms with Crippen LogP contribution in [0.25, 0.3) is 5.69 Å². The quantitative estimate of drug-likeness (QED) is 0.933. The molecule has 2 aromatic heterocycles. The predicted molar refractivity (Wildman–Crippen MR) is 74.8 cm³/mol. The number of aliphatic hydroxyl groups is 1. The molecule has 100 valence electrons. The van der Waals surface area contributed by atoms with E-state index in [9.17, 15) is 9.90 Å². The molecule has 2 aromatic rings. The lowest BCUT2D eigenvalue weighted by Gasteiger charge is -2.46. The average Bonchev–Trinajstić information content (AvgIpc) is 3.03. The van der Waals surface area contributed by atoms with Gasteiger partial charge in [0.1, 0.15) is 4.88 Å². The number of nitrogens with zero attached hydrogens (tertiary/aromatic N) is 2. The first-order valence-corrected chi connectivity index (χ1v) is 7.23. The molecule has 0 bridgehead atoms. The number of carbonyl (C=O) groups excluding carboxylic acids is 1. The molecule has 0 spiro atoms. The van der Waals surface area contributed by atoms with E-state index in [1.54, 1.807) is 4.90 Å². The zero-order valence-corrected chi connectivity index (χ0v) is 11.6. The molecule has 0 aromatic carbocycles. The predicted octanol–water partition coefficient (Wildman–Crippen LogP) is 2.14. The summed E-state index contributed by atoms with van der Waals surface area (Å²) >= 11 is 1.45. The number of likely N-dealkylation sites (tertiary alicyclic amines) is 1. The van der Waals surface area contributed by atoms with Gasteiger partial charge in [-0.2, -0.15) is 0 Å². The molecule has 0 unspecified atom stereocenters. The van der Waals surface area contributed by atoms with Crippen LogP contribution in [0.15, 0.2) is 36.0 Å². The maximum Gasteiger partial charge on any atom is 0.266 e. The lowest BCUT2D eigenvalue weighted by atomic mass is 9.91. The first kappa shape index (κ1) is 12.4. The topological polar surface area (TPSA) is 45.5 Å². The SMILES string of the molecule is CCC1(O)CN(C(=O)c2sccc2-n2cccc2)C1. The molecular formula is C14H16N2O2S. The van der Waals surface area contributed by atoms with Gasteiger partial charge in [-0.15, -0.1) is 11.3 Å². The Balaban J connectivity index is 1.81. The Hall–Kier alpha value is -1.59. The molecule has 1 fully saturated rings. The molecule has 1 aliphatic rings. The Labute approximate surface area is 115 Å². The molecule has 1 amide bonds. The molecule has 3 heterocycles. The summed E-state index contributed by atoms with van der Waals surface area (Å²) in [5.74, 6) is 0.0109. The van der Waals surface area contributed by atoms with E-state index in [0.717, 1.165) is 10.6 Å². The van der Waals surface area contributed by atoms with Crippen LogP contribution in [0.3, 0.4) is 0 Å². The fourth-order valence-electron chi connectivity index (χ4n) is 2.34. The Bertz CT molecular complexity index is 582. The molecule has 1 saturated heterocycles. The molecule has 0 atom stereocenters. The molecule has 5 heteroatoms. The van der Waals surface area contributed by atoms with Crippen LogP contribution >= 0.6 is 11.3 Å². The first-order chi connectivity index (χ1) is 9.13. The van der Waals surface area contributed by atoms with Crippen LogP contribution in [-0.4, -0.2) is 39.2 Å². The molecule has 0 aliphatic carbocycles. The van der Waals surface area contributed by atoms with Gasteiger partial charge < -0.3 is 14.6 Å². The average molecular weight is 276 g/mol. The van der Waals surface area contributed by atoms with Gasteiger partial charge >= 0.3 is 0 Å². The normalized spacial score (nSPS) is 17.3. The third-order valence-electron chi connectivity index (χ3n) is 3.64. The standard InChI is InChI=1S/C14H16N2O2S/c1-2-14(18)9-16(10-14)13(17)12-11(5-8-19-12)15-6-3-4-7-15/h3-8,18H,2,9-10H2,1H3. The van der Waals surface area contributed by atoms with E-state index in [-0.39, 0.29) is 5.91 Å². The highest BCUT2D eigenvalue weighted by molar-refractivity contribution is 7.12. The largest absolute Gasteiger partial charge is 0.386 e. The summed E-state index contributed by atoms with van der Waals surface area (Å²) in [6.07, 6.45) is 4.54. The van der Waals surface area contributed by atoms with E-state index in [1.165, 1.54) is 11.3 Å². The second kappa shape index (κ2) is 4.51. The van der Waals surface area contributed by atoms with Crippen LogP contribution in [0.4, 0.5) is 0 Å². The van der Waals surface area contributed by atoms with Crippen molar-refractivity contribution in [2.45, 2.75) is 18.9 Å². The van der Waals surface area contributed by atoms with Crippen molar-refractivity contribution < 1.29 is 9.90 Å². The van der Waals surface area contributed by atoms with Gasteiger partial charge in [-0.25, -0.2) is 0 Å². The van der Waals surface area contributed by atoms with Gasteiger partial charge in [0, 0.05) is 12.4 Å². The minimum atomic E-state index is -0.680. The van der Waals surface area contributed by atoms with Crippen molar-refractivity contribution in [3.05, 3.63) is 40.8 Å². The highest BCUT2D eigenvalue weighted by Gasteiger charge is 2.42. The van der Waals surface area contributed by atoms with Crippen molar-refractivity contribution in [3.8, 4) is 5.69 Å². The summed E-state index contributed by atoms with van der Waals surface area (Å²) in [6, 6.07) is 5.82. The third-order valence-corrected chi connectivity index (χ3v) is 4.53. The van der Waals surface area contributed by atoms with E-state index < -0.39 is 5.60 Å². The Morgan fingerprint density at radius 2 is 2.11 bits per heavy atom. The summed E-state index contributed by atoms with van der Waals surface area (Å²) in [4.78, 5) is 14.9. The van der Waals surface area contributed by atoms with Crippen LogP contribution in [0.1, 0.15) is 23.0 Å². The lowest BCUT2D eigenvalue weighted by Crippen LogP contribution is -2.63. The van der Waals surface area contributed by atoms with Crippen molar-refractivity contribution >= 4 is 17.2 Å². The van der Waals surface area contributed by atoms with Gasteiger partial charge in [0.25, 0.3) is 5.91 Å². The highest BCUT2D eigenvalue weighted by Crippen LogP contribution is 2.29. The molecule has 3 rings (SSSR count). The zero-order chi connectivity index (χ0) is 13.5. The number of β-amino-alcohol motifs (C(OH)–C–C–N with tert-alkyl or cyclic N) is 1. The minimum Gasteiger partial charge on any atom is -0.386 e. The zero-order valence-electron chi connectivity index (χ0n) is 10.7. The molecule has 4 nitrogen and oxygen atoms in total. The maximum absolute atomic E-state index is 12.4. The fourth-order valence-corrected chi connectivity index (χ4v) is 3.19. The second-order valence-corrected chi connectivity index (χ2v) is 5.88. The summed E-state index contributed by atoms with van der Waals surface area (Å²) in [5, 5.41) is 11.9. The molecule has 1 aliphatic heterocycles. The highest BCUT2D eigenvalue weighted by atomic mass is 32.1. The van der Waals surface area contributed by atoms with Crippen molar-refractivity contribution in [2.75, 3.05) is 13.1 Å². The van der Waals surface area contributed by atoms with Crippen molar-refractivity contribution in [1.29, 1.82) is 0 Å². The number of rotatable bonds is 3. The van der Waals surface area contributed by atoms with Crippen molar-refractivity contribution in [2.24, 2.45) is 0 Å². The van der Waals surface area contributed by atoms with E-state index in [2.05, 4.69) is 0 Å². The van der Waals surface area contributed by atoms with Crippen LogP contribution < -0.4 is 0 Å². The van der Waals surface area contributed by atoms with Crippen LogP contribution in [-0.2, 0) is 0 Å². The van der Waals surface area contributed by atoms with Crippen LogP contribution in [0, 0.1) is 0 Å². The van der Waals surface area contributed by atoms with Gasteiger partial charge in [0.05, 0.1) is 24.4 Å². The Morgan fingerprint density at radius 1 is 1.42 bits per heavy atom. The summed E-state index contributed by atoms with van der Waals surface area (Å²) in [7, 11) is 0. The summed E-state index contributed by atoms with van der Waals surface area (Å²) in [5.41, 5.74) is 0.229. The lowest BCUT2D eigenvalue weighted by molar-refractivity contribution is -0.0824. The molecular weight excluding hydrogens is 260 g/mol. The molecule has 0 radical (unpaired) electrons. The number of hydrogen-bond donors (Lipinski definition) is 1. The fraction of sp³-hybridized carbons (Fsp3) is 0.357. The number of amides is 1. The van der Waals surface area contributed by atoms with Crippen LogP contribution in [0.5, 0.6) is 0 Å². The van der Waals surface area contributed by atoms with Gasteiger partial charge in [0.15, 0.2) is 0 Å². The Kier molecular flexibility index (Phi) is 2.95. The van der Waals surface area contributed by atoms with Crippen LogP contribution in [0.2, 0.25) is 0 Å². The van der Waals surface area contributed by atoms with Gasteiger partial charge in [-0.05, 0) is 30.0 Å². The summed E-state index contributed by atoms with van der Waals surface area (Å²) in [6.45, 7) is 2.81. The maximum atomic E-state index is 12.4. The molecule has 19 heavy (non-hydrogen) atoms. The first-order valence-electron chi connectivity index (χ1n) is 6.35. The van der Waals surface area contributed by atoms with Crippen molar-refractivity contribution in [3.63, 3.8) is 0 Å². The number of carbonyl (C=O) groups is 1. The number of hydrogen-bond acceptors (Lipinski definition) is 3. The van der Waals surface area contributed by atoms with E-state index in [0.29, 0.717) is 19.5 Å². The third kappa shape index (κ3) is 2.09. The molecule has 0 saturated carbocycles. The number of aromatic nitrogens is 1. The number of thiophene rings is 1. The second-order valence-electron chi connectivity index (χ2n) is 4.96. The van der Waals surface area contributed by atoms with Gasteiger partial charge in [-0.3, -0.25) is 4.79 Å². The minimum absolute atomic E-state index is 0.0109. The summed E-state index contributed by atoms with van der Waals surface area (Å²) < 4.78 is 1.94. The monoisotopic (exact) mass is 276 g/mol. The Morgan fingerprint density at radius 3 is 2.74 bits per heavy atom. The smallest absolute Gasteiger partial charge is 0.266 e. The van der Waals surface area contributed by atoms with E-state index in [1.807, 2.05) is 47.5 Å². The van der Waals surface area contributed by atoms with Crippen molar-refractivity contribution in [1.82, 2.24) is 9.47 Å². The van der Waals surface area contributed by atoms with Gasteiger partial charge in [0.2, 0.25) is 0 Å². The van der Waals surface area contributed by atoms with Gasteiger partial charge in [-0.1, -0.05) is 6.92 Å². The van der Waals surface area contributed by atoms with E-state index in [4.69, 9.17) is 0 Å².